The molecule has 1 aromatic carbocycles. The number of benzene rings is 1. The van der Waals surface area contributed by atoms with Crippen LogP contribution < -0.4 is 5.73 Å². The Morgan fingerprint density at radius 2 is 1.82 bits per heavy atom. The first-order valence-electron chi connectivity index (χ1n) is 6.70. The van der Waals surface area contributed by atoms with Crippen molar-refractivity contribution in [2.75, 3.05) is 0 Å². The third-order valence-corrected chi connectivity index (χ3v) is 3.89. The topological polar surface area (TPSA) is 30.9 Å². The zero-order chi connectivity index (χ0) is 16.9. The molecule has 0 saturated heterocycles. The molecule has 22 heavy (non-hydrogen) atoms. The molecule has 0 aliphatic carbocycles. The van der Waals surface area contributed by atoms with E-state index in [-0.39, 0.29) is 20.8 Å². The monoisotopic (exact) mass is 380 g/mol. The number of rotatable bonds is 2. The lowest BCUT2D eigenvalue weighted by Gasteiger charge is -2.20. The Hall–Kier alpha value is -1.08. The van der Waals surface area contributed by atoms with Gasteiger partial charge in [-0.1, -0.05) is 20.8 Å². The molecule has 2 nitrogen and oxygen atoms in total. The first kappa shape index (κ1) is 17.3. The molecule has 122 valence electrons. The Labute approximate surface area is 134 Å². The number of hydrogen-bond acceptors (Lipinski definition) is 1. The molecule has 0 amide bonds. The van der Waals surface area contributed by atoms with Crippen molar-refractivity contribution < 1.29 is 17.6 Å². The molecule has 2 N–H and O–H groups in total. The highest BCUT2D eigenvalue weighted by molar-refractivity contribution is 9.10. The number of nitrogens with zero attached hydrogens (tertiary/aromatic N) is 1. The molecule has 7 heteroatoms. The van der Waals surface area contributed by atoms with E-state index in [4.69, 9.17) is 5.73 Å². The molecule has 0 bridgehead atoms. The van der Waals surface area contributed by atoms with Gasteiger partial charge < -0.3 is 10.3 Å². The van der Waals surface area contributed by atoms with Gasteiger partial charge in [-0.3, -0.25) is 0 Å². The van der Waals surface area contributed by atoms with Gasteiger partial charge in [0.25, 0.3) is 0 Å². The summed E-state index contributed by atoms with van der Waals surface area (Å²) >= 11 is 3.07. The maximum Gasteiger partial charge on any atom is 0.407 e. The van der Waals surface area contributed by atoms with Crippen molar-refractivity contribution in [3.63, 3.8) is 0 Å². The predicted molar refractivity (Wildman–Crippen MR) is 82.0 cm³/mol. The Bertz CT molecular complexity index is 698. The van der Waals surface area contributed by atoms with E-state index in [0.29, 0.717) is 12.1 Å². The highest BCUT2D eigenvalue weighted by Crippen LogP contribution is 2.37. The molecule has 2 rings (SSSR count). The molecule has 1 atom stereocenters. The lowest BCUT2D eigenvalue weighted by atomic mass is 9.97. The minimum absolute atomic E-state index is 0.113. The lowest BCUT2D eigenvalue weighted by molar-refractivity contribution is -0.148. The quantitative estimate of drug-likeness (QED) is 0.717. The summed E-state index contributed by atoms with van der Waals surface area (Å²) in [6.45, 7) is 6.41. The second kappa shape index (κ2) is 5.53. The number of hydrogen-bond donors (Lipinski definition) is 1. The van der Waals surface area contributed by atoms with Gasteiger partial charge in [0.1, 0.15) is 11.9 Å². The van der Waals surface area contributed by atoms with Crippen molar-refractivity contribution in [1.29, 1.82) is 0 Å². The summed E-state index contributed by atoms with van der Waals surface area (Å²) in [5.74, 6) is -0.614. The van der Waals surface area contributed by atoms with Gasteiger partial charge in [0, 0.05) is 29.2 Å². The van der Waals surface area contributed by atoms with Crippen LogP contribution in [0.4, 0.5) is 17.6 Å². The van der Waals surface area contributed by atoms with E-state index in [1.54, 1.807) is 4.57 Å². The minimum atomic E-state index is -4.58. The third-order valence-electron chi connectivity index (χ3n) is 3.29. The van der Waals surface area contributed by atoms with Crippen LogP contribution in [0.2, 0.25) is 0 Å². The molecule has 0 fully saturated rings. The van der Waals surface area contributed by atoms with Crippen molar-refractivity contribution >= 4 is 26.8 Å². The first-order valence-corrected chi connectivity index (χ1v) is 7.49. The summed E-state index contributed by atoms with van der Waals surface area (Å²) in [6.07, 6.45) is -3.20. The summed E-state index contributed by atoms with van der Waals surface area (Å²) < 4.78 is 54.5. The number of halogens is 5. The van der Waals surface area contributed by atoms with Gasteiger partial charge in [-0.05, 0) is 33.5 Å². The molecule has 0 saturated carbocycles. The number of aromatic nitrogens is 1. The summed E-state index contributed by atoms with van der Waals surface area (Å²) in [7, 11) is 0. The molecule has 1 aromatic heterocycles. The van der Waals surface area contributed by atoms with Gasteiger partial charge in [0.05, 0.1) is 4.47 Å². The first-order chi connectivity index (χ1) is 9.90. The molecule has 0 spiro atoms. The third kappa shape index (κ3) is 3.46. The Morgan fingerprint density at radius 3 is 2.32 bits per heavy atom. The van der Waals surface area contributed by atoms with Crippen molar-refractivity contribution in [2.24, 2.45) is 11.1 Å². The highest BCUT2D eigenvalue weighted by atomic mass is 79.9. The van der Waals surface area contributed by atoms with E-state index >= 15 is 0 Å². The fourth-order valence-corrected chi connectivity index (χ4v) is 2.71. The molecule has 0 aliphatic heterocycles. The standard InChI is InChI=1S/C15H17BrF4N2/c1-14(2,3)7-22-6-9(13(21)15(18,19)20)8-4-11(17)10(16)5-12(8)22/h4-6,13H,7,21H2,1-3H3/t13-/m0/s1. The Balaban J connectivity index is 2.69. The van der Waals surface area contributed by atoms with Gasteiger partial charge in [-0.2, -0.15) is 13.2 Å². The van der Waals surface area contributed by atoms with Crippen LogP contribution >= 0.6 is 15.9 Å². The molecular formula is C15H17BrF4N2. The summed E-state index contributed by atoms with van der Waals surface area (Å²) in [6, 6.07) is 0.444. The van der Waals surface area contributed by atoms with E-state index in [2.05, 4.69) is 15.9 Å². The van der Waals surface area contributed by atoms with E-state index in [0.717, 1.165) is 6.07 Å². The predicted octanol–water partition coefficient (Wildman–Crippen LogP) is 5.15. The molecule has 0 aliphatic rings. The maximum atomic E-state index is 13.8. The summed E-state index contributed by atoms with van der Waals surface area (Å²) in [4.78, 5) is 0. The largest absolute Gasteiger partial charge is 0.407 e. The fourth-order valence-electron chi connectivity index (χ4n) is 2.38. The number of alkyl halides is 3. The zero-order valence-corrected chi connectivity index (χ0v) is 14.0. The van der Waals surface area contributed by atoms with Crippen molar-refractivity contribution in [1.82, 2.24) is 4.57 Å². The van der Waals surface area contributed by atoms with Crippen LogP contribution in [0.5, 0.6) is 0 Å². The van der Waals surface area contributed by atoms with E-state index in [1.807, 2.05) is 20.8 Å². The molecule has 2 aromatic rings. The second-order valence-corrected chi connectivity index (χ2v) is 7.43. The lowest BCUT2D eigenvalue weighted by Crippen LogP contribution is -2.28. The summed E-state index contributed by atoms with van der Waals surface area (Å²) in [5.41, 5.74) is 5.60. The molecule has 0 radical (unpaired) electrons. The van der Waals surface area contributed by atoms with Crippen LogP contribution in [0.1, 0.15) is 32.4 Å². The summed E-state index contributed by atoms with van der Waals surface area (Å²) in [5, 5.41) is 0.190. The van der Waals surface area contributed by atoms with Gasteiger partial charge in [0.15, 0.2) is 0 Å². The highest BCUT2D eigenvalue weighted by Gasteiger charge is 2.39. The second-order valence-electron chi connectivity index (χ2n) is 6.58. The number of fused-ring (bicyclic) bond motifs is 1. The van der Waals surface area contributed by atoms with Crippen LogP contribution in [0.3, 0.4) is 0 Å². The van der Waals surface area contributed by atoms with Crippen LogP contribution in [0, 0.1) is 11.2 Å². The van der Waals surface area contributed by atoms with Gasteiger partial charge in [-0.15, -0.1) is 0 Å². The van der Waals surface area contributed by atoms with Crippen LogP contribution in [0.25, 0.3) is 10.9 Å². The minimum Gasteiger partial charge on any atom is -0.347 e. The Kier molecular flexibility index (Phi) is 4.34. The van der Waals surface area contributed by atoms with Gasteiger partial charge in [-0.25, -0.2) is 4.39 Å². The molecule has 0 unspecified atom stereocenters. The van der Waals surface area contributed by atoms with Gasteiger partial charge >= 0.3 is 6.18 Å². The fraction of sp³-hybridized carbons (Fsp3) is 0.467. The van der Waals surface area contributed by atoms with Crippen LogP contribution in [-0.2, 0) is 6.54 Å². The SMILES string of the molecule is CC(C)(C)Cn1cc([C@H](N)C(F)(F)F)c2cc(F)c(Br)cc21. The van der Waals surface area contributed by atoms with Gasteiger partial charge in [0.2, 0.25) is 0 Å². The zero-order valence-electron chi connectivity index (χ0n) is 12.4. The average Bonchev–Trinajstić information content (AvgIpc) is 2.64. The number of nitrogens with two attached hydrogens (primary N) is 1. The van der Waals surface area contributed by atoms with Crippen LogP contribution in [0.15, 0.2) is 22.8 Å². The van der Waals surface area contributed by atoms with E-state index < -0.39 is 18.0 Å². The van der Waals surface area contributed by atoms with Crippen molar-refractivity contribution in [3.05, 3.63) is 34.2 Å². The Morgan fingerprint density at radius 1 is 1.23 bits per heavy atom. The normalized spacial score (nSPS) is 14.6. The maximum absolute atomic E-state index is 13.8. The van der Waals surface area contributed by atoms with Crippen molar-refractivity contribution in [2.45, 2.75) is 39.5 Å². The van der Waals surface area contributed by atoms with E-state index in [1.165, 1.54) is 12.3 Å². The van der Waals surface area contributed by atoms with Crippen LogP contribution in [-0.4, -0.2) is 10.7 Å². The van der Waals surface area contributed by atoms with E-state index in [9.17, 15) is 17.6 Å². The average molecular weight is 381 g/mol. The molecule has 1 heterocycles. The smallest absolute Gasteiger partial charge is 0.347 e. The van der Waals surface area contributed by atoms with Crippen molar-refractivity contribution in [3.8, 4) is 0 Å². The molecular weight excluding hydrogens is 364 g/mol.